The summed E-state index contributed by atoms with van der Waals surface area (Å²) in [6, 6.07) is 0. The molecule has 0 bridgehead atoms. The van der Waals surface area contributed by atoms with E-state index in [1.165, 1.54) is 0 Å². The molecule has 0 aliphatic rings. The second-order valence-corrected chi connectivity index (χ2v) is 3.70. The molecule has 0 saturated carbocycles. The topological polar surface area (TPSA) is 20.3 Å². The molecule has 0 aliphatic heterocycles. The summed E-state index contributed by atoms with van der Waals surface area (Å²) in [6.45, 7) is 10.2. The summed E-state index contributed by atoms with van der Waals surface area (Å²) in [6.07, 6.45) is 2.80. The lowest BCUT2D eigenvalue weighted by Crippen LogP contribution is -2.34. The van der Waals surface area contributed by atoms with Crippen molar-refractivity contribution in [3.63, 3.8) is 0 Å². The molecule has 0 fully saturated rings. The molecule has 1 amide bonds. The Morgan fingerprint density at radius 3 is 2.31 bits per heavy atom. The van der Waals surface area contributed by atoms with Crippen molar-refractivity contribution in [3.05, 3.63) is 0 Å². The Morgan fingerprint density at radius 1 is 1.31 bits per heavy atom. The van der Waals surface area contributed by atoms with Crippen molar-refractivity contribution in [2.45, 2.75) is 47.0 Å². The van der Waals surface area contributed by atoms with Crippen LogP contribution in [-0.2, 0) is 4.79 Å². The van der Waals surface area contributed by atoms with Gasteiger partial charge in [0.05, 0.1) is 0 Å². The molecule has 0 radical (unpaired) electrons. The number of rotatable bonds is 6. The first kappa shape index (κ1) is 12.5. The monoisotopic (exact) mass is 185 g/mol. The maximum Gasteiger partial charge on any atom is 0.222 e. The van der Waals surface area contributed by atoms with Gasteiger partial charge in [-0.3, -0.25) is 4.79 Å². The summed E-state index contributed by atoms with van der Waals surface area (Å²) in [5.74, 6) is 0.936. The maximum atomic E-state index is 11.6. The zero-order valence-electron chi connectivity index (χ0n) is 9.47. The molecule has 0 aliphatic carbocycles. The highest BCUT2D eigenvalue weighted by Gasteiger charge is 2.12. The number of hydrogen-bond donors (Lipinski definition) is 0. The average molecular weight is 185 g/mol. The van der Waals surface area contributed by atoms with E-state index in [-0.39, 0.29) is 0 Å². The van der Waals surface area contributed by atoms with Crippen molar-refractivity contribution in [3.8, 4) is 0 Å². The van der Waals surface area contributed by atoms with Crippen LogP contribution in [0.5, 0.6) is 0 Å². The minimum Gasteiger partial charge on any atom is -0.343 e. The fourth-order valence-corrected chi connectivity index (χ4v) is 1.28. The van der Waals surface area contributed by atoms with E-state index in [1.54, 1.807) is 0 Å². The summed E-state index contributed by atoms with van der Waals surface area (Å²) in [5.41, 5.74) is 0. The third-order valence-corrected chi connectivity index (χ3v) is 2.43. The van der Waals surface area contributed by atoms with E-state index in [2.05, 4.69) is 27.7 Å². The fraction of sp³-hybridized carbons (Fsp3) is 0.909. The third-order valence-electron chi connectivity index (χ3n) is 2.43. The smallest absolute Gasteiger partial charge is 0.222 e. The van der Waals surface area contributed by atoms with Gasteiger partial charge in [0.25, 0.3) is 0 Å². The molecule has 78 valence electrons. The minimum absolute atomic E-state index is 0.310. The van der Waals surface area contributed by atoms with Crippen LogP contribution in [0.25, 0.3) is 0 Å². The molecule has 13 heavy (non-hydrogen) atoms. The number of carbonyl (C=O) groups is 1. The van der Waals surface area contributed by atoms with Crippen molar-refractivity contribution in [2.24, 2.45) is 5.92 Å². The molecule has 2 heteroatoms. The number of amides is 1. The van der Waals surface area contributed by atoms with E-state index in [4.69, 9.17) is 0 Å². The van der Waals surface area contributed by atoms with E-state index in [1.807, 2.05) is 4.90 Å². The molecule has 0 saturated heterocycles. The zero-order valence-corrected chi connectivity index (χ0v) is 9.47. The molecular weight excluding hydrogens is 162 g/mol. The molecule has 0 aromatic carbocycles. The summed E-state index contributed by atoms with van der Waals surface area (Å²) < 4.78 is 0. The highest BCUT2D eigenvalue weighted by atomic mass is 16.2. The van der Waals surface area contributed by atoms with Crippen LogP contribution in [0.2, 0.25) is 0 Å². The Labute approximate surface area is 82.3 Å². The van der Waals surface area contributed by atoms with Crippen LogP contribution in [-0.4, -0.2) is 23.9 Å². The van der Waals surface area contributed by atoms with E-state index in [0.717, 1.165) is 25.9 Å². The summed E-state index contributed by atoms with van der Waals surface area (Å²) in [4.78, 5) is 13.5. The normalized spacial score (nSPS) is 12.6. The first-order chi connectivity index (χ1) is 6.15. The zero-order chi connectivity index (χ0) is 10.3. The second-order valence-electron chi connectivity index (χ2n) is 3.70. The van der Waals surface area contributed by atoms with E-state index in [0.29, 0.717) is 18.2 Å². The third kappa shape index (κ3) is 4.91. The van der Waals surface area contributed by atoms with Gasteiger partial charge in [0.1, 0.15) is 0 Å². The van der Waals surface area contributed by atoms with Crippen LogP contribution in [0.4, 0.5) is 0 Å². The van der Waals surface area contributed by atoms with Crippen LogP contribution >= 0.6 is 0 Å². The van der Waals surface area contributed by atoms with Crippen molar-refractivity contribution in [1.82, 2.24) is 4.90 Å². The van der Waals surface area contributed by atoms with Gasteiger partial charge >= 0.3 is 0 Å². The van der Waals surface area contributed by atoms with Crippen molar-refractivity contribution >= 4 is 5.91 Å². The Kier molecular flexibility index (Phi) is 6.65. The van der Waals surface area contributed by atoms with Crippen LogP contribution in [0.15, 0.2) is 0 Å². The van der Waals surface area contributed by atoms with Crippen LogP contribution in [0.3, 0.4) is 0 Å². The van der Waals surface area contributed by atoms with Crippen molar-refractivity contribution in [2.75, 3.05) is 13.1 Å². The van der Waals surface area contributed by atoms with Crippen molar-refractivity contribution < 1.29 is 4.79 Å². The predicted octanol–water partition coefficient (Wildman–Crippen LogP) is 2.68. The minimum atomic E-state index is 0.310. The Bertz CT molecular complexity index is 145. The summed E-state index contributed by atoms with van der Waals surface area (Å²) >= 11 is 0. The Morgan fingerprint density at radius 2 is 1.92 bits per heavy atom. The molecule has 1 atom stereocenters. The predicted molar refractivity (Wildman–Crippen MR) is 56.6 cm³/mol. The molecule has 0 rings (SSSR count). The van der Waals surface area contributed by atoms with Gasteiger partial charge in [-0.15, -0.1) is 0 Å². The van der Waals surface area contributed by atoms with E-state index in [9.17, 15) is 4.79 Å². The highest BCUT2D eigenvalue weighted by molar-refractivity contribution is 5.76. The van der Waals surface area contributed by atoms with Gasteiger partial charge < -0.3 is 4.90 Å². The maximum absolute atomic E-state index is 11.6. The lowest BCUT2D eigenvalue weighted by molar-refractivity contribution is -0.131. The van der Waals surface area contributed by atoms with Gasteiger partial charge in [-0.05, 0) is 19.3 Å². The number of nitrogens with zero attached hydrogens (tertiary/aromatic N) is 1. The average Bonchev–Trinajstić information content (AvgIpc) is 2.14. The van der Waals surface area contributed by atoms with Crippen LogP contribution in [0, 0.1) is 5.92 Å². The molecule has 0 N–H and O–H groups in total. The molecular formula is C11H23NO. The first-order valence-corrected chi connectivity index (χ1v) is 5.43. The quantitative estimate of drug-likeness (QED) is 0.623. The summed E-state index contributed by atoms with van der Waals surface area (Å²) in [7, 11) is 0. The lowest BCUT2D eigenvalue weighted by Gasteiger charge is -2.23. The molecule has 0 heterocycles. The van der Waals surface area contributed by atoms with E-state index >= 15 is 0 Å². The van der Waals surface area contributed by atoms with Crippen LogP contribution in [0.1, 0.15) is 47.0 Å². The molecule has 2 nitrogen and oxygen atoms in total. The van der Waals surface area contributed by atoms with Crippen molar-refractivity contribution in [1.29, 1.82) is 0 Å². The standard InChI is InChI=1S/C11H23NO/c1-5-8-11(13)12(7-3)9-10(4)6-2/h10H,5-9H2,1-4H3. The first-order valence-electron chi connectivity index (χ1n) is 5.43. The SMILES string of the molecule is CCCC(=O)N(CC)CC(C)CC. The van der Waals surface area contributed by atoms with Crippen LogP contribution < -0.4 is 0 Å². The number of carbonyl (C=O) groups excluding carboxylic acids is 1. The number of hydrogen-bond acceptors (Lipinski definition) is 1. The fourth-order valence-electron chi connectivity index (χ4n) is 1.28. The van der Waals surface area contributed by atoms with Gasteiger partial charge in [0, 0.05) is 19.5 Å². The molecule has 1 unspecified atom stereocenters. The van der Waals surface area contributed by atoms with Gasteiger partial charge in [-0.1, -0.05) is 27.2 Å². The Hall–Kier alpha value is -0.530. The molecule has 0 aromatic rings. The molecule has 0 spiro atoms. The van der Waals surface area contributed by atoms with Gasteiger partial charge in [0.2, 0.25) is 5.91 Å². The van der Waals surface area contributed by atoms with Gasteiger partial charge in [-0.2, -0.15) is 0 Å². The van der Waals surface area contributed by atoms with Gasteiger partial charge in [0.15, 0.2) is 0 Å². The molecule has 0 aromatic heterocycles. The summed E-state index contributed by atoms with van der Waals surface area (Å²) in [5, 5.41) is 0. The Balaban J connectivity index is 3.94. The largest absolute Gasteiger partial charge is 0.343 e. The van der Waals surface area contributed by atoms with Gasteiger partial charge in [-0.25, -0.2) is 0 Å². The highest BCUT2D eigenvalue weighted by Crippen LogP contribution is 2.06. The van der Waals surface area contributed by atoms with E-state index < -0.39 is 0 Å². The lowest BCUT2D eigenvalue weighted by atomic mass is 10.1. The second kappa shape index (κ2) is 6.93.